The summed E-state index contributed by atoms with van der Waals surface area (Å²) in [5.41, 5.74) is 3.67. The van der Waals surface area contributed by atoms with Crippen LogP contribution in [0, 0.1) is 0 Å². The van der Waals surface area contributed by atoms with Crippen LogP contribution in [0.25, 0.3) is 17.2 Å². The van der Waals surface area contributed by atoms with Gasteiger partial charge in [-0.2, -0.15) is 0 Å². The number of unbranched alkanes of at least 4 members (excludes halogenated alkanes) is 1. The molecular weight excluding hydrogens is 548 g/mol. The number of hydrogen-bond donors (Lipinski definition) is 0. The molecule has 0 saturated carbocycles. The second kappa shape index (κ2) is 16.3. The molecule has 8 nitrogen and oxygen atoms in total. The number of carbonyl (C=O) groups excluding carboxylic acids is 4. The highest BCUT2D eigenvalue weighted by molar-refractivity contribution is 6.07. The summed E-state index contributed by atoms with van der Waals surface area (Å²) < 4.78 is 20.5. The summed E-state index contributed by atoms with van der Waals surface area (Å²) in [4.78, 5) is 47.2. The molecule has 0 aliphatic rings. The van der Waals surface area contributed by atoms with E-state index in [1.165, 1.54) is 13.2 Å². The van der Waals surface area contributed by atoms with Crippen LogP contribution in [-0.4, -0.2) is 44.0 Å². The van der Waals surface area contributed by atoms with Crippen LogP contribution in [-0.2, 0) is 23.9 Å². The SMILES string of the molecule is C=C(C)C(=O)Oc1ccc(/C=C/C(=O)c2ccc(-c3ccc(OCCCCOC(=O)C(=C)CC(=O)OC)cc3)cc2)cc1. The summed E-state index contributed by atoms with van der Waals surface area (Å²) in [6.07, 6.45) is 4.30. The zero-order valence-electron chi connectivity index (χ0n) is 24.3. The molecule has 0 bridgehead atoms. The number of rotatable bonds is 15. The number of ketones is 1. The summed E-state index contributed by atoms with van der Waals surface area (Å²) in [5.74, 6) is -0.643. The van der Waals surface area contributed by atoms with Crippen molar-refractivity contribution in [2.24, 2.45) is 0 Å². The average Bonchev–Trinajstić information content (AvgIpc) is 3.02. The van der Waals surface area contributed by atoms with E-state index >= 15 is 0 Å². The molecule has 0 aliphatic heterocycles. The van der Waals surface area contributed by atoms with Crippen LogP contribution >= 0.6 is 0 Å². The lowest BCUT2D eigenvalue weighted by atomic mass is 10.0. The Morgan fingerprint density at radius 2 is 1.33 bits per heavy atom. The van der Waals surface area contributed by atoms with E-state index in [9.17, 15) is 19.2 Å². The Morgan fingerprint density at radius 1 is 0.744 bits per heavy atom. The van der Waals surface area contributed by atoms with Crippen molar-refractivity contribution in [2.45, 2.75) is 26.2 Å². The van der Waals surface area contributed by atoms with Crippen LogP contribution in [0.1, 0.15) is 42.1 Å². The van der Waals surface area contributed by atoms with Gasteiger partial charge in [0.2, 0.25) is 0 Å². The molecule has 0 N–H and O–H groups in total. The van der Waals surface area contributed by atoms with E-state index in [1.54, 1.807) is 49.4 Å². The largest absolute Gasteiger partial charge is 0.494 e. The third-order valence-electron chi connectivity index (χ3n) is 6.14. The van der Waals surface area contributed by atoms with Gasteiger partial charge in [-0.3, -0.25) is 9.59 Å². The van der Waals surface area contributed by atoms with E-state index in [-0.39, 0.29) is 24.4 Å². The van der Waals surface area contributed by atoms with Crippen LogP contribution in [0.4, 0.5) is 0 Å². The molecule has 0 aliphatic carbocycles. The van der Waals surface area contributed by atoms with Crippen molar-refractivity contribution in [2.75, 3.05) is 20.3 Å². The Kier molecular flexibility index (Phi) is 12.2. The third-order valence-corrected chi connectivity index (χ3v) is 6.14. The number of allylic oxidation sites excluding steroid dienone is 1. The van der Waals surface area contributed by atoms with Gasteiger partial charge < -0.3 is 18.9 Å². The van der Waals surface area contributed by atoms with E-state index in [0.717, 1.165) is 16.7 Å². The van der Waals surface area contributed by atoms with Crippen molar-refractivity contribution >= 4 is 29.8 Å². The van der Waals surface area contributed by atoms with E-state index in [2.05, 4.69) is 17.9 Å². The lowest BCUT2D eigenvalue weighted by Crippen LogP contribution is -2.13. The van der Waals surface area contributed by atoms with Crippen molar-refractivity contribution in [3.63, 3.8) is 0 Å². The van der Waals surface area contributed by atoms with Gasteiger partial charge in [0.1, 0.15) is 11.5 Å². The fourth-order valence-electron chi connectivity index (χ4n) is 3.66. The maximum Gasteiger partial charge on any atom is 0.338 e. The second-order valence-electron chi connectivity index (χ2n) is 9.59. The molecule has 0 spiro atoms. The number of benzene rings is 3. The zero-order valence-corrected chi connectivity index (χ0v) is 24.3. The molecule has 0 radical (unpaired) electrons. The van der Waals surface area contributed by atoms with Crippen LogP contribution < -0.4 is 9.47 Å². The van der Waals surface area contributed by atoms with Crippen molar-refractivity contribution in [3.8, 4) is 22.6 Å². The summed E-state index contributed by atoms with van der Waals surface area (Å²) in [7, 11) is 1.24. The molecule has 0 aromatic heterocycles. The van der Waals surface area contributed by atoms with E-state index in [0.29, 0.717) is 42.1 Å². The van der Waals surface area contributed by atoms with Gasteiger partial charge in [0, 0.05) is 16.7 Å². The number of ether oxygens (including phenoxy) is 4. The number of esters is 3. The molecule has 0 amide bonds. The summed E-state index contributed by atoms with van der Waals surface area (Å²) in [5, 5.41) is 0. The first-order chi connectivity index (χ1) is 20.7. The van der Waals surface area contributed by atoms with Crippen LogP contribution in [0.3, 0.4) is 0 Å². The smallest absolute Gasteiger partial charge is 0.338 e. The van der Waals surface area contributed by atoms with Crippen LogP contribution in [0.15, 0.2) is 103 Å². The highest BCUT2D eigenvalue weighted by Crippen LogP contribution is 2.23. The van der Waals surface area contributed by atoms with Gasteiger partial charge >= 0.3 is 17.9 Å². The van der Waals surface area contributed by atoms with E-state index in [1.807, 2.05) is 36.4 Å². The lowest BCUT2D eigenvalue weighted by Gasteiger charge is -2.09. The maximum absolute atomic E-state index is 12.6. The fraction of sp³-hybridized carbons (Fsp3) is 0.200. The minimum atomic E-state index is -0.608. The second-order valence-corrected chi connectivity index (χ2v) is 9.59. The summed E-state index contributed by atoms with van der Waals surface area (Å²) in [6.45, 7) is 9.33. The molecule has 0 fully saturated rings. The molecule has 0 unspecified atom stereocenters. The molecule has 3 aromatic carbocycles. The maximum atomic E-state index is 12.6. The Bertz CT molecular complexity index is 1480. The fourth-order valence-corrected chi connectivity index (χ4v) is 3.66. The lowest BCUT2D eigenvalue weighted by molar-refractivity contribution is -0.144. The van der Waals surface area contributed by atoms with Crippen molar-refractivity contribution in [1.29, 1.82) is 0 Å². The van der Waals surface area contributed by atoms with Crippen molar-refractivity contribution in [3.05, 3.63) is 114 Å². The van der Waals surface area contributed by atoms with Crippen LogP contribution in [0.2, 0.25) is 0 Å². The van der Waals surface area contributed by atoms with Crippen LogP contribution in [0.5, 0.6) is 11.5 Å². The predicted molar refractivity (Wildman–Crippen MR) is 164 cm³/mol. The Hall–Kier alpha value is -5.24. The molecule has 3 aromatic rings. The summed E-state index contributed by atoms with van der Waals surface area (Å²) >= 11 is 0. The van der Waals surface area contributed by atoms with Gasteiger partial charge in [-0.05, 0) is 66.8 Å². The molecular formula is C35H34O8. The quantitative estimate of drug-likeness (QED) is 0.0653. The number of carbonyl (C=O) groups is 4. The Labute approximate surface area is 251 Å². The van der Waals surface area contributed by atoms with Gasteiger partial charge in [-0.25, -0.2) is 9.59 Å². The third kappa shape index (κ3) is 10.6. The normalized spacial score (nSPS) is 10.6. The average molecular weight is 583 g/mol. The number of methoxy groups -OCH3 is 1. The molecule has 43 heavy (non-hydrogen) atoms. The first-order valence-electron chi connectivity index (χ1n) is 13.6. The summed E-state index contributed by atoms with van der Waals surface area (Å²) in [6, 6.07) is 21.8. The highest BCUT2D eigenvalue weighted by atomic mass is 16.5. The van der Waals surface area contributed by atoms with Gasteiger partial charge in [-0.15, -0.1) is 0 Å². The Balaban J connectivity index is 1.42. The zero-order chi connectivity index (χ0) is 31.2. The monoisotopic (exact) mass is 582 g/mol. The van der Waals surface area contributed by atoms with Gasteiger partial charge in [0.25, 0.3) is 0 Å². The standard InChI is InChI=1S/C35H34O8/c1-24(2)34(38)43-31-16-7-26(8-17-31)9-20-32(36)29-12-10-27(11-13-29)28-14-18-30(19-15-28)41-21-5-6-22-42-35(39)25(3)23-33(37)40-4/h7-20H,1,3,5-6,21-23H2,2,4H3/b20-9+. The van der Waals surface area contributed by atoms with Crippen molar-refractivity contribution in [1.82, 2.24) is 0 Å². The van der Waals surface area contributed by atoms with Gasteiger partial charge in [0.05, 0.1) is 26.7 Å². The highest BCUT2D eigenvalue weighted by Gasteiger charge is 2.13. The Morgan fingerprint density at radius 3 is 1.93 bits per heavy atom. The molecule has 0 heterocycles. The minimum Gasteiger partial charge on any atom is -0.494 e. The van der Waals surface area contributed by atoms with Crippen molar-refractivity contribution < 1.29 is 38.1 Å². The molecule has 8 heteroatoms. The van der Waals surface area contributed by atoms with E-state index in [4.69, 9.17) is 14.2 Å². The molecule has 3 rings (SSSR count). The number of hydrogen-bond acceptors (Lipinski definition) is 8. The molecule has 0 saturated heterocycles. The molecule has 222 valence electrons. The minimum absolute atomic E-state index is 0.0607. The molecule has 0 atom stereocenters. The predicted octanol–water partition coefficient (Wildman–Crippen LogP) is 6.55. The first kappa shape index (κ1) is 32.3. The van der Waals surface area contributed by atoms with Gasteiger partial charge in [-0.1, -0.05) is 67.8 Å². The topological polar surface area (TPSA) is 105 Å². The first-order valence-corrected chi connectivity index (χ1v) is 13.6. The van der Waals surface area contributed by atoms with Gasteiger partial charge in [0.15, 0.2) is 5.78 Å². The van der Waals surface area contributed by atoms with E-state index < -0.39 is 17.9 Å².